The van der Waals surface area contributed by atoms with Crippen molar-refractivity contribution in [2.75, 3.05) is 6.54 Å². The second-order valence-corrected chi connectivity index (χ2v) is 4.60. The number of amides is 1. The van der Waals surface area contributed by atoms with Crippen molar-refractivity contribution >= 4 is 17.5 Å². The number of halogens is 1. The van der Waals surface area contributed by atoms with E-state index >= 15 is 0 Å². The van der Waals surface area contributed by atoms with Gasteiger partial charge < -0.3 is 5.32 Å². The van der Waals surface area contributed by atoms with E-state index in [2.05, 4.69) is 10.3 Å². The van der Waals surface area contributed by atoms with Crippen LogP contribution in [0.3, 0.4) is 0 Å². The number of hydrogen-bond acceptors (Lipinski definition) is 2. The Hall–Kier alpha value is -1.09. The van der Waals surface area contributed by atoms with Crippen LogP contribution in [0.5, 0.6) is 0 Å². The number of nitrogens with zero attached hydrogens (tertiary/aromatic N) is 1. The lowest BCUT2D eigenvalue weighted by Crippen LogP contribution is -2.27. The molecule has 1 N–H and O–H groups in total. The highest BCUT2D eigenvalue weighted by molar-refractivity contribution is 6.33. The summed E-state index contributed by atoms with van der Waals surface area (Å²) in [5.74, 6) is 0.682. The van der Waals surface area contributed by atoms with Crippen molar-refractivity contribution in [1.29, 1.82) is 0 Å². The summed E-state index contributed by atoms with van der Waals surface area (Å²) in [4.78, 5) is 15.6. The van der Waals surface area contributed by atoms with Gasteiger partial charge in [-0.15, -0.1) is 0 Å². The van der Waals surface area contributed by atoms with E-state index in [0.29, 0.717) is 10.6 Å². The van der Waals surface area contributed by atoms with E-state index in [1.54, 1.807) is 12.3 Å². The molecular weight excluding hydrogens is 224 g/mol. The lowest BCUT2D eigenvalue weighted by molar-refractivity contribution is 0.0949. The van der Waals surface area contributed by atoms with E-state index in [1.165, 1.54) is 25.5 Å². The lowest BCUT2D eigenvalue weighted by Gasteiger charge is -2.25. The van der Waals surface area contributed by atoms with Crippen LogP contribution in [0, 0.1) is 5.92 Å². The van der Waals surface area contributed by atoms with Gasteiger partial charge in [0.15, 0.2) is 0 Å². The Morgan fingerprint density at radius 2 is 2.38 bits per heavy atom. The molecular formula is C12H15ClN2O. The molecule has 0 spiro atoms. The van der Waals surface area contributed by atoms with E-state index in [9.17, 15) is 4.79 Å². The smallest absolute Gasteiger partial charge is 0.254 e. The molecule has 4 heteroatoms. The van der Waals surface area contributed by atoms with Crippen molar-refractivity contribution in [1.82, 2.24) is 10.3 Å². The molecule has 2 rings (SSSR count). The maximum absolute atomic E-state index is 11.7. The van der Waals surface area contributed by atoms with Gasteiger partial charge in [-0.05, 0) is 18.4 Å². The number of rotatable bonds is 4. The van der Waals surface area contributed by atoms with Gasteiger partial charge in [0, 0.05) is 18.9 Å². The van der Waals surface area contributed by atoms with Crippen molar-refractivity contribution in [2.45, 2.75) is 25.7 Å². The first-order valence-electron chi connectivity index (χ1n) is 5.65. The summed E-state index contributed by atoms with van der Waals surface area (Å²) in [6, 6.07) is 1.63. The fourth-order valence-electron chi connectivity index (χ4n) is 1.81. The minimum absolute atomic E-state index is 0.127. The van der Waals surface area contributed by atoms with Crippen molar-refractivity contribution < 1.29 is 4.79 Å². The normalized spacial score (nSPS) is 15.6. The fraction of sp³-hybridized carbons (Fsp3) is 0.500. The average Bonchev–Trinajstić information content (AvgIpc) is 2.22. The van der Waals surface area contributed by atoms with Crippen LogP contribution in [0.1, 0.15) is 36.0 Å². The van der Waals surface area contributed by atoms with Gasteiger partial charge in [-0.2, -0.15) is 0 Å². The molecule has 0 saturated heterocycles. The first-order valence-corrected chi connectivity index (χ1v) is 6.03. The van der Waals surface area contributed by atoms with Crippen LogP contribution < -0.4 is 5.32 Å². The monoisotopic (exact) mass is 238 g/mol. The van der Waals surface area contributed by atoms with Gasteiger partial charge in [0.25, 0.3) is 5.91 Å². The topological polar surface area (TPSA) is 42.0 Å². The molecule has 86 valence electrons. The predicted octanol–water partition coefficient (Wildman–Crippen LogP) is 2.66. The van der Waals surface area contributed by atoms with Crippen molar-refractivity contribution in [3.05, 3.63) is 29.0 Å². The van der Waals surface area contributed by atoms with Crippen LogP contribution in [0.2, 0.25) is 5.02 Å². The molecule has 1 aromatic heterocycles. The molecule has 0 radical (unpaired) electrons. The fourth-order valence-corrected chi connectivity index (χ4v) is 2.00. The SMILES string of the molecule is O=C(NCCC1CCC1)c1cnccc1Cl. The van der Waals surface area contributed by atoms with Gasteiger partial charge in [-0.3, -0.25) is 9.78 Å². The molecule has 1 heterocycles. The van der Waals surface area contributed by atoms with Gasteiger partial charge in [0.05, 0.1) is 10.6 Å². The van der Waals surface area contributed by atoms with Crippen LogP contribution in [0.15, 0.2) is 18.5 Å². The molecule has 1 fully saturated rings. The number of hydrogen-bond donors (Lipinski definition) is 1. The Labute approximate surface area is 100 Å². The molecule has 1 aromatic rings. The molecule has 1 aliphatic rings. The van der Waals surface area contributed by atoms with E-state index in [1.807, 2.05) is 0 Å². The molecule has 1 amide bonds. The molecule has 0 atom stereocenters. The van der Waals surface area contributed by atoms with Crippen molar-refractivity contribution in [2.24, 2.45) is 5.92 Å². The molecule has 1 saturated carbocycles. The standard InChI is InChI=1S/C12H15ClN2O/c13-11-5-6-14-8-10(11)12(16)15-7-4-9-2-1-3-9/h5-6,8-9H,1-4,7H2,(H,15,16). The number of carbonyl (C=O) groups excluding carboxylic acids is 1. The zero-order chi connectivity index (χ0) is 11.4. The van der Waals surface area contributed by atoms with E-state index < -0.39 is 0 Å². The number of nitrogens with one attached hydrogen (secondary N) is 1. The van der Waals surface area contributed by atoms with Gasteiger partial charge in [0.2, 0.25) is 0 Å². The summed E-state index contributed by atoms with van der Waals surface area (Å²) in [6.07, 6.45) is 8.11. The molecule has 3 nitrogen and oxygen atoms in total. The average molecular weight is 239 g/mol. The summed E-state index contributed by atoms with van der Waals surface area (Å²) in [5, 5.41) is 3.33. The van der Waals surface area contributed by atoms with Crippen molar-refractivity contribution in [3.63, 3.8) is 0 Å². The highest BCUT2D eigenvalue weighted by Gasteiger charge is 2.17. The second-order valence-electron chi connectivity index (χ2n) is 4.20. The Morgan fingerprint density at radius 3 is 3.00 bits per heavy atom. The maximum Gasteiger partial charge on any atom is 0.254 e. The second kappa shape index (κ2) is 5.30. The van der Waals surface area contributed by atoms with Gasteiger partial charge in [-0.1, -0.05) is 30.9 Å². The minimum Gasteiger partial charge on any atom is -0.352 e. The highest BCUT2D eigenvalue weighted by atomic mass is 35.5. The minimum atomic E-state index is -0.127. The summed E-state index contributed by atoms with van der Waals surface area (Å²) >= 11 is 5.90. The maximum atomic E-state index is 11.7. The van der Waals surface area contributed by atoms with Gasteiger partial charge in [0.1, 0.15) is 0 Å². The number of pyridine rings is 1. The summed E-state index contributed by atoms with van der Waals surface area (Å²) in [7, 11) is 0. The van der Waals surface area contributed by atoms with Crippen molar-refractivity contribution in [3.8, 4) is 0 Å². The third-order valence-corrected chi connectivity index (χ3v) is 3.40. The first kappa shape index (κ1) is 11.4. The number of carbonyl (C=O) groups is 1. The summed E-state index contributed by atoms with van der Waals surface area (Å²) < 4.78 is 0. The van der Waals surface area contributed by atoms with E-state index in [4.69, 9.17) is 11.6 Å². The Bertz CT molecular complexity index is 377. The van der Waals surface area contributed by atoms with Gasteiger partial charge in [-0.25, -0.2) is 0 Å². The van der Waals surface area contributed by atoms with E-state index in [0.717, 1.165) is 18.9 Å². The van der Waals surface area contributed by atoms with Crippen LogP contribution in [0.25, 0.3) is 0 Å². The zero-order valence-corrected chi connectivity index (χ0v) is 9.83. The summed E-state index contributed by atoms with van der Waals surface area (Å²) in [6.45, 7) is 0.731. The quantitative estimate of drug-likeness (QED) is 0.876. The Kier molecular flexibility index (Phi) is 3.78. The molecule has 0 aliphatic heterocycles. The largest absolute Gasteiger partial charge is 0.352 e. The van der Waals surface area contributed by atoms with Crippen LogP contribution in [-0.4, -0.2) is 17.4 Å². The molecule has 16 heavy (non-hydrogen) atoms. The zero-order valence-electron chi connectivity index (χ0n) is 9.08. The highest BCUT2D eigenvalue weighted by Crippen LogP contribution is 2.28. The third-order valence-electron chi connectivity index (χ3n) is 3.08. The Balaban J connectivity index is 1.81. The summed E-state index contributed by atoms with van der Waals surface area (Å²) in [5.41, 5.74) is 0.456. The predicted molar refractivity (Wildman–Crippen MR) is 63.5 cm³/mol. The Morgan fingerprint density at radius 1 is 1.56 bits per heavy atom. The first-order chi connectivity index (χ1) is 7.77. The van der Waals surface area contributed by atoms with Gasteiger partial charge >= 0.3 is 0 Å². The molecule has 1 aliphatic carbocycles. The van der Waals surface area contributed by atoms with E-state index in [-0.39, 0.29) is 5.91 Å². The molecule has 0 unspecified atom stereocenters. The number of aromatic nitrogens is 1. The van der Waals surface area contributed by atoms with Crippen LogP contribution in [0.4, 0.5) is 0 Å². The van der Waals surface area contributed by atoms with Crippen LogP contribution >= 0.6 is 11.6 Å². The third kappa shape index (κ3) is 2.73. The molecule has 0 aromatic carbocycles. The molecule has 0 bridgehead atoms. The van der Waals surface area contributed by atoms with Crippen LogP contribution in [-0.2, 0) is 0 Å². The lowest BCUT2D eigenvalue weighted by atomic mass is 9.83.